The van der Waals surface area contributed by atoms with E-state index in [1.165, 1.54) is 32.1 Å². The Bertz CT molecular complexity index is 237. The fourth-order valence-corrected chi connectivity index (χ4v) is 2.97. The summed E-state index contributed by atoms with van der Waals surface area (Å²) in [5, 5.41) is 0. The lowest BCUT2D eigenvalue weighted by Gasteiger charge is -2.36. The van der Waals surface area contributed by atoms with E-state index in [-0.39, 0.29) is 5.92 Å². The second kappa shape index (κ2) is 8.52. The van der Waals surface area contributed by atoms with Crippen molar-refractivity contribution < 1.29 is 4.79 Å². The highest BCUT2D eigenvalue weighted by Gasteiger charge is 2.27. The molecule has 0 radical (unpaired) electrons. The summed E-state index contributed by atoms with van der Waals surface area (Å²) in [7, 11) is 0. The van der Waals surface area contributed by atoms with Crippen LogP contribution in [0.3, 0.4) is 0 Å². The van der Waals surface area contributed by atoms with E-state index >= 15 is 0 Å². The summed E-state index contributed by atoms with van der Waals surface area (Å²) in [6.45, 7) is 5.76. The van der Waals surface area contributed by atoms with Crippen LogP contribution in [0.5, 0.6) is 0 Å². The molecule has 1 atom stereocenters. The summed E-state index contributed by atoms with van der Waals surface area (Å²) in [4.78, 5) is 14.7. The van der Waals surface area contributed by atoms with Crippen molar-refractivity contribution in [2.75, 3.05) is 13.1 Å². The quantitative estimate of drug-likeness (QED) is 0.759. The number of amides is 1. The maximum Gasteiger partial charge on any atom is 0.225 e. The molecule has 1 aliphatic rings. The fraction of sp³-hybridized carbons (Fsp3) is 0.933. The van der Waals surface area contributed by atoms with Crippen LogP contribution < -0.4 is 5.73 Å². The minimum Gasteiger partial charge on any atom is -0.339 e. The van der Waals surface area contributed by atoms with Gasteiger partial charge in [-0.3, -0.25) is 4.79 Å². The molecule has 3 nitrogen and oxygen atoms in total. The lowest BCUT2D eigenvalue weighted by Crippen LogP contribution is -2.45. The van der Waals surface area contributed by atoms with E-state index < -0.39 is 0 Å². The molecule has 3 heteroatoms. The van der Waals surface area contributed by atoms with E-state index in [4.69, 9.17) is 5.73 Å². The van der Waals surface area contributed by atoms with Crippen LogP contribution in [0.4, 0.5) is 0 Å². The lowest BCUT2D eigenvalue weighted by atomic mass is 9.92. The number of rotatable bonds is 7. The van der Waals surface area contributed by atoms with Crippen LogP contribution in [-0.2, 0) is 4.79 Å². The molecule has 0 spiro atoms. The van der Waals surface area contributed by atoms with Crippen molar-refractivity contribution in [2.24, 2.45) is 11.7 Å². The van der Waals surface area contributed by atoms with E-state index in [1.807, 2.05) is 0 Å². The smallest absolute Gasteiger partial charge is 0.225 e. The van der Waals surface area contributed by atoms with Crippen LogP contribution in [-0.4, -0.2) is 29.9 Å². The average Bonchev–Trinajstić information content (AvgIpc) is 2.40. The second-order valence-corrected chi connectivity index (χ2v) is 5.66. The van der Waals surface area contributed by atoms with Gasteiger partial charge in [-0.15, -0.1) is 0 Å². The van der Waals surface area contributed by atoms with Crippen molar-refractivity contribution in [3.05, 3.63) is 0 Å². The molecule has 1 fully saturated rings. The maximum atomic E-state index is 12.5. The summed E-state index contributed by atoms with van der Waals surface area (Å²) in [5.74, 6) is 0.534. The molecule has 0 aromatic heterocycles. The predicted octanol–water partition coefficient (Wildman–Crippen LogP) is 2.93. The molecule has 0 aliphatic heterocycles. The van der Waals surface area contributed by atoms with Crippen molar-refractivity contribution in [3.63, 3.8) is 0 Å². The lowest BCUT2D eigenvalue weighted by molar-refractivity contribution is -0.138. The highest BCUT2D eigenvalue weighted by Crippen LogP contribution is 2.24. The zero-order valence-electron chi connectivity index (χ0n) is 12.2. The van der Waals surface area contributed by atoms with Gasteiger partial charge in [0.1, 0.15) is 0 Å². The molecule has 1 rings (SSSR count). The molecule has 1 unspecified atom stereocenters. The Labute approximate surface area is 112 Å². The molecule has 1 aliphatic carbocycles. The van der Waals surface area contributed by atoms with Crippen LogP contribution >= 0.6 is 0 Å². The Kier molecular flexibility index (Phi) is 7.33. The zero-order valence-corrected chi connectivity index (χ0v) is 12.2. The molecule has 0 saturated heterocycles. The molecule has 0 aromatic rings. The molecule has 106 valence electrons. The summed E-state index contributed by atoms with van der Waals surface area (Å²) < 4.78 is 0. The van der Waals surface area contributed by atoms with Crippen LogP contribution in [0.15, 0.2) is 0 Å². The number of nitrogens with two attached hydrogens (primary N) is 1. The maximum absolute atomic E-state index is 12.5. The van der Waals surface area contributed by atoms with Gasteiger partial charge in [0.15, 0.2) is 0 Å². The molecule has 0 heterocycles. The Morgan fingerprint density at radius 3 is 2.56 bits per heavy atom. The van der Waals surface area contributed by atoms with Crippen LogP contribution in [0, 0.1) is 5.92 Å². The summed E-state index contributed by atoms with van der Waals surface area (Å²) in [6, 6.07) is 0.483. The van der Waals surface area contributed by atoms with Gasteiger partial charge in [-0.05, 0) is 32.2 Å². The monoisotopic (exact) mass is 254 g/mol. The van der Waals surface area contributed by atoms with Crippen LogP contribution in [0.1, 0.15) is 65.2 Å². The largest absolute Gasteiger partial charge is 0.339 e. The van der Waals surface area contributed by atoms with E-state index in [0.717, 1.165) is 25.8 Å². The van der Waals surface area contributed by atoms with Crippen LogP contribution in [0.25, 0.3) is 0 Å². The summed E-state index contributed by atoms with van der Waals surface area (Å²) in [5.41, 5.74) is 5.60. The minimum absolute atomic E-state index is 0.176. The van der Waals surface area contributed by atoms with Gasteiger partial charge in [0.25, 0.3) is 0 Å². The van der Waals surface area contributed by atoms with Gasteiger partial charge in [-0.2, -0.15) is 0 Å². The summed E-state index contributed by atoms with van der Waals surface area (Å²) >= 11 is 0. The molecular formula is C15H30N2O. The first-order chi connectivity index (χ1) is 8.70. The third kappa shape index (κ3) is 4.60. The molecule has 18 heavy (non-hydrogen) atoms. The first-order valence-electron chi connectivity index (χ1n) is 7.71. The first kappa shape index (κ1) is 15.5. The van der Waals surface area contributed by atoms with Gasteiger partial charge in [-0.1, -0.05) is 39.5 Å². The predicted molar refractivity (Wildman–Crippen MR) is 76.3 cm³/mol. The van der Waals surface area contributed by atoms with Gasteiger partial charge in [0.2, 0.25) is 5.91 Å². The first-order valence-corrected chi connectivity index (χ1v) is 7.71. The fourth-order valence-electron chi connectivity index (χ4n) is 2.97. The van der Waals surface area contributed by atoms with Crippen molar-refractivity contribution in [2.45, 2.75) is 71.3 Å². The normalized spacial score (nSPS) is 18.6. The van der Waals surface area contributed by atoms with Gasteiger partial charge in [-0.25, -0.2) is 0 Å². The molecule has 1 saturated carbocycles. The van der Waals surface area contributed by atoms with Gasteiger partial charge >= 0.3 is 0 Å². The average molecular weight is 254 g/mol. The van der Waals surface area contributed by atoms with E-state index in [0.29, 0.717) is 18.5 Å². The van der Waals surface area contributed by atoms with Gasteiger partial charge in [0, 0.05) is 18.5 Å². The van der Waals surface area contributed by atoms with Crippen LogP contribution in [0.2, 0.25) is 0 Å². The molecule has 0 bridgehead atoms. The topological polar surface area (TPSA) is 46.3 Å². The molecule has 1 amide bonds. The van der Waals surface area contributed by atoms with E-state index in [9.17, 15) is 4.79 Å². The van der Waals surface area contributed by atoms with Crippen molar-refractivity contribution in [1.82, 2.24) is 4.90 Å². The van der Waals surface area contributed by atoms with E-state index in [2.05, 4.69) is 18.7 Å². The van der Waals surface area contributed by atoms with Gasteiger partial charge in [0.05, 0.1) is 0 Å². The number of hydrogen-bond donors (Lipinski definition) is 1. The van der Waals surface area contributed by atoms with Crippen molar-refractivity contribution >= 4 is 5.91 Å². The Balaban J connectivity index is 2.60. The Hall–Kier alpha value is -0.570. The second-order valence-electron chi connectivity index (χ2n) is 5.66. The highest BCUT2D eigenvalue weighted by atomic mass is 16.2. The van der Waals surface area contributed by atoms with Crippen molar-refractivity contribution in [1.29, 1.82) is 0 Å². The third-order valence-electron chi connectivity index (χ3n) is 4.04. The van der Waals surface area contributed by atoms with Crippen molar-refractivity contribution in [3.8, 4) is 0 Å². The molecule has 0 aromatic carbocycles. The van der Waals surface area contributed by atoms with E-state index in [1.54, 1.807) is 0 Å². The number of hydrogen-bond acceptors (Lipinski definition) is 2. The SMILES string of the molecule is CCCC(C)C(=O)N(CCCN)C1CCCCC1. The third-order valence-corrected chi connectivity index (χ3v) is 4.04. The standard InChI is InChI=1S/C15H30N2O/c1-3-8-13(2)15(18)17(12-7-11-16)14-9-5-4-6-10-14/h13-14H,3-12,16H2,1-2H3. The molecular weight excluding hydrogens is 224 g/mol. The van der Waals surface area contributed by atoms with Gasteiger partial charge < -0.3 is 10.6 Å². The Morgan fingerprint density at radius 2 is 2.00 bits per heavy atom. The zero-order chi connectivity index (χ0) is 13.4. The number of carbonyl (C=O) groups excluding carboxylic acids is 1. The summed E-state index contributed by atoms with van der Waals surface area (Å²) in [6.07, 6.45) is 9.29. The molecule has 2 N–H and O–H groups in total. The minimum atomic E-state index is 0.176. The number of carbonyl (C=O) groups is 1. The highest BCUT2D eigenvalue weighted by molar-refractivity contribution is 5.78. The Morgan fingerprint density at radius 1 is 1.33 bits per heavy atom. The number of nitrogens with zero attached hydrogens (tertiary/aromatic N) is 1.